The van der Waals surface area contributed by atoms with Crippen LogP contribution in [0.3, 0.4) is 0 Å². The third kappa shape index (κ3) is 7.08. The smallest absolute Gasteiger partial charge is 0.317 e. The minimum atomic E-state index is -0.881. The molecule has 0 heterocycles. The highest BCUT2D eigenvalue weighted by Crippen LogP contribution is 2.00. The molecule has 106 valence electrons. The minimum Gasteiger partial charge on any atom is -0.481 e. The summed E-state index contributed by atoms with van der Waals surface area (Å²) < 4.78 is 4.75. The molecular formula is C11H22N2O5. The van der Waals surface area contributed by atoms with Crippen LogP contribution in [-0.4, -0.2) is 67.1 Å². The second kappa shape index (κ2) is 8.71. The molecule has 0 aromatic heterocycles. The Bertz CT molecular complexity index is 272. The van der Waals surface area contributed by atoms with Gasteiger partial charge in [-0.15, -0.1) is 0 Å². The van der Waals surface area contributed by atoms with E-state index in [0.29, 0.717) is 6.42 Å². The van der Waals surface area contributed by atoms with Crippen LogP contribution < -0.4 is 5.32 Å². The molecule has 7 heteroatoms. The second-order valence-electron chi connectivity index (χ2n) is 4.25. The molecule has 2 atom stereocenters. The van der Waals surface area contributed by atoms with Crippen molar-refractivity contribution in [2.75, 3.05) is 33.9 Å². The lowest BCUT2D eigenvalue weighted by Gasteiger charge is -2.21. The quantitative estimate of drug-likeness (QED) is 0.560. The maximum atomic E-state index is 11.5. The summed E-state index contributed by atoms with van der Waals surface area (Å²) in [4.78, 5) is 23.4. The largest absolute Gasteiger partial charge is 0.481 e. The monoisotopic (exact) mass is 262 g/mol. The number of carbonyl (C=O) groups excluding carboxylic acids is 1. The Morgan fingerprint density at radius 2 is 2.06 bits per heavy atom. The highest BCUT2D eigenvalue weighted by atomic mass is 16.5. The number of carboxylic acid groups (broad SMARTS) is 1. The van der Waals surface area contributed by atoms with Gasteiger partial charge in [0.1, 0.15) is 0 Å². The molecule has 18 heavy (non-hydrogen) atoms. The van der Waals surface area contributed by atoms with Crippen molar-refractivity contribution in [1.82, 2.24) is 10.2 Å². The number of urea groups is 1. The van der Waals surface area contributed by atoms with Crippen molar-refractivity contribution in [1.29, 1.82) is 0 Å². The van der Waals surface area contributed by atoms with Crippen LogP contribution in [0.15, 0.2) is 0 Å². The molecule has 0 rings (SSSR count). The zero-order chi connectivity index (χ0) is 14.1. The van der Waals surface area contributed by atoms with Crippen LogP contribution in [0.1, 0.15) is 13.3 Å². The average molecular weight is 262 g/mol. The molecule has 2 unspecified atom stereocenters. The molecule has 0 saturated carbocycles. The van der Waals surface area contributed by atoms with Crippen molar-refractivity contribution in [3.63, 3.8) is 0 Å². The van der Waals surface area contributed by atoms with Crippen LogP contribution in [0.5, 0.6) is 0 Å². The van der Waals surface area contributed by atoms with E-state index in [-0.39, 0.29) is 25.7 Å². The summed E-state index contributed by atoms with van der Waals surface area (Å²) in [6.45, 7) is 2.19. The van der Waals surface area contributed by atoms with Gasteiger partial charge in [-0.25, -0.2) is 4.79 Å². The van der Waals surface area contributed by atoms with E-state index in [2.05, 4.69) is 5.32 Å². The fourth-order valence-corrected chi connectivity index (χ4v) is 1.30. The van der Waals surface area contributed by atoms with Crippen LogP contribution >= 0.6 is 0 Å². The van der Waals surface area contributed by atoms with Crippen molar-refractivity contribution < 1.29 is 24.5 Å². The van der Waals surface area contributed by atoms with E-state index in [0.717, 1.165) is 0 Å². The van der Waals surface area contributed by atoms with Crippen LogP contribution in [0.25, 0.3) is 0 Å². The summed E-state index contributed by atoms with van der Waals surface area (Å²) in [5.41, 5.74) is 0. The van der Waals surface area contributed by atoms with Crippen LogP contribution in [0.2, 0.25) is 0 Å². The maximum Gasteiger partial charge on any atom is 0.317 e. The molecule has 0 spiro atoms. The molecule has 0 radical (unpaired) electrons. The van der Waals surface area contributed by atoms with Gasteiger partial charge in [0.15, 0.2) is 0 Å². The highest BCUT2D eigenvalue weighted by molar-refractivity contribution is 5.74. The maximum absolute atomic E-state index is 11.5. The van der Waals surface area contributed by atoms with Gasteiger partial charge in [0.25, 0.3) is 0 Å². The number of aliphatic carboxylic acids is 1. The van der Waals surface area contributed by atoms with Crippen LogP contribution in [0, 0.1) is 5.92 Å². The number of carboxylic acids is 1. The summed E-state index contributed by atoms with van der Waals surface area (Å²) in [5, 5.41) is 20.7. The second-order valence-corrected chi connectivity index (χ2v) is 4.25. The Morgan fingerprint density at radius 3 is 2.56 bits per heavy atom. The molecular weight excluding hydrogens is 240 g/mol. The Hall–Kier alpha value is -1.34. The third-order valence-corrected chi connectivity index (χ3v) is 2.47. The van der Waals surface area contributed by atoms with E-state index in [1.54, 1.807) is 14.0 Å². The molecule has 0 bridgehead atoms. The number of likely N-dealkylation sites (N-methyl/N-ethyl adjacent to an activating group) is 1. The lowest BCUT2D eigenvalue weighted by molar-refractivity contribution is -0.141. The van der Waals surface area contributed by atoms with Gasteiger partial charge in [0, 0.05) is 20.7 Å². The van der Waals surface area contributed by atoms with Gasteiger partial charge >= 0.3 is 12.0 Å². The van der Waals surface area contributed by atoms with E-state index in [9.17, 15) is 14.7 Å². The molecule has 0 aliphatic heterocycles. The van der Waals surface area contributed by atoms with Gasteiger partial charge in [0.05, 0.1) is 25.2 Å². The fraction of sp³-hybridized carbons (Fsp3) is 0.818. The molecule has 0 aromatic carbocycles. The minimum absolute atomic E-state index is 0.160. The summed E-state index contributed by atoms with van der Waals surface area (Å²) in [6.07, 6.45) is -0.362. The third-order valence-electron chi connectivity index (χ3n) is 2.47. The number of rotatable bonds is 8. The molecule has 0 aliphatic rings. The van der Waals surface area contributed by atoms with Crippen LogP contribution in [0.4, 0.5) is 4.79 Å². The molecule has 0 saturated heterocycles. The summed E-state index contributed by atoms with van der Waals surface area (Å²) in [6, 6.07) is -0.345. The van der Waals surface area contributed by atoms with E-state index in [1.165, 1.54) is 12.0 Å². The van der Waals surface area contributed by atoms with Gasteiger partial charge in [-0.2, -0.15) is 0 Å². The van der Waals surface area contributed by atoms with Crippen molar-refractivity contribution in [2.24, 2.45) is 5.92 Å². The van der Waals surface area contributed by atoms with Crippen molar-refractivity contribution in [3.05, 3.63) is 0 Å². The first kappa shape index (κ1) is 16.7. The Labute approximate surface area is 107 Å². The zero-order valence-electron chi connectivity index (χ0n) is 11.0. The predicted octanol–water partition coefficient (Wildman–Crippen LogP) is -0.254. The Morgan fingerprint density at radius 1 is 1.44 bits per heavy atom. The first-order valence-corrected chi connectivity index (χ1v) is 5.77. The number of nitrogens with one attached hydrogen (secondary N) is 1. The van der Waals surface area contributed by atoms with E-state index in [4.69, 9.17) is 9.84 Å². The normalized spacial score (nSPS) is 13.8. The topological polar surface area (TPSA) is 99.1 Å². The molecule has 3 N–H and O–H groups in total. The molecule has 0 aliphatic carbocycles. The van der Waals surface area contributed by atoms with Gasteiger partial charge in [-0.05, 0) is 6.42 Å². The number of nitrogens with zero attached hydrogens (tertiary/aromatic N) is 1. The Kier molecular flexibility index (Phi) is 8.06. The summed E-state index contributed by atoms with van der Waals surface area (Å²) >= 11 is 0. The van der Waals surface area contributed by atoms with Gasteiger partial charge in [-0.1, -0.05) is 6.92 Å². The van der Waals surface area contributed by atoms with Gasteiger partial charge in [0.2, 0.25) is 0 Å². The SMILES string of the molecule is COCC(O)CN(C)C(=O)NCCC(C)C(=O)O. The van der Waals surface area contributed by atoms with E-state index >= 15 is 0 Å². The number of carbonyl (C=O) groups is 2. The van der Waals surface area contributed by atoms with Crippen molar-refractivity contribution in [2.45, 2.75) is 19.4 Å². The summed E-state index contributed by atoms with van der Waals surface area (Å²) in [5.74, 6) is -1.37. The molecule has 0 fully saturated rings. The number of ether oxygens (including phenoxy) is 1. The number of hydrogen-bond acceptors (Lipinski definition) is 4. The first-order chi connectivity index (χ1) is 8.38. The van der Waals surface area contributed by atoms with Gasteiger partial charge in [-0.3, -0.25) is 4.79 Å². The number of aliphatic hydroxyl groups is 1. The molecule has 7 nitrogen and oxygen atoms in total. The average Bonchev–Trinajstić information content (AvgIpc) is 2.28. The number of aliphatic hydroxyl groups excluding tert-OH is 1. The Balaban J connectivity index is 3.84. The number of amides is 2. The van der Waals surface area contributed by atoms with Gasteiger partial charge < -0.3 is 25.2 Å². The standard InChI is InChI=1S/C11H22N2O5/c1-8(10(15)16)4-5-12-11(17)13(2)6-9(14)7-18-3/h8-9,14H,4-7H2,1-3H3,(H,12,17)(H,15,16). The highest BCUT2D eigenvalue weighted by Gasteiger charge is 2.14. The first-order valence-electron chi connectivity index (χ1n) is 5.77. The van der Waals surface area contributed by atoms with Crippen LogP contribution in [-0.2, 0) is 9.53 Å². The van der Waals surface area contributed by atoms with Crippen molar-refractivity contribution >= 4 is 12.0 Å². The lowest BCUT2D eigenvalue weighted by Crippen LogP contribution is -2.42. The molecule has 2 amide bonds. The number of methoxy groups -OCH3 is 1. The lowest BCUT2D eigenvalue weighted by atomic mass is 10.1. The van der Waals surface area contributed by atoms with E-state index < -0.39 is 18.0 Å². The fourth-order valence-electron chi connectivity index (χ4n) is 1.30. The summed E-state index contributed by atoms with van der Waals surface area (Å²) in [7, 11) is 3.02. The molecule has 0 aromatic rings. The van der Waals surface area contributed by atoms with E-state index in [1.807, 2.05) is 0 Å². The predicted molar refractivity (Wildman–Crippen MR) is 65.3 cm³/mol. The number of hydrogen-bond donors (Lipinski definition) is 3. The zero-order valence-corrected chi connectivity index (χ0v) is 11.0. The van der Waals surface area contributed by atoms with Crippen molar-refractivity contribution in [3.8, 4) is 0 Å².